The Bertz CT molecular complexity index is 891. The Morgan fingerprint density at radius 1 is 0.875 bits per heavy atom. The van der Waals surface area contributed by atoms with Gasteiger partial charge in [0.2, 0.25) is 0 Å². The summed E-state index contributed by atoms with van der Waals surface area (Å²) in [7, 11) is 0. The van der Waals surface area contributed by atoms with Crippen molar-refractivity contribution in [3.8, 4) is 6.07 Å². The van der Waals surface area contributed by atoms with E-state index < -0.39 is 0 Å². The standard InChI is InChI=1S/C21H15N2Se/c22-15-17-10-12-19(13-11-17)23-21(24)20-9-5-4-8-18(20)14-16-6-2-1-3-7-16/h1-13H,14H2. The minimum absolute atomic E-state index is 0.639. The van der Waals surface area contributed by atoms with Crippen molar-refractivity contribution < 1.29 is 0 Å². The molecule has 3 rings (SSSR count). The van der Waals surface area contributed by atoms with Gasteiger partial charge in [0.05, 0.1) is 0 Å². The number of aliphatic imine (C=N–C) groups is 1. The van der Waals surface area contributed by atoms with Gasteiger partial charge in [-0.05, 0) is 0 Å². The Balaban J connectivity index is 1.90. The van der Waals surface area contributed by atoms with Gasteiger partial charge in [0.1, 0.15) is 0 Å². The Kier molecular flexibility index (Phi) is 5.23. The Labute approximate surface area is 150 Å². The summed E-state index contributed by atoms with van der Waals surface area (Å²) < 4.78 is 0.853. The van der Waals surface area contributed by atoms with E-state index in [0.29, 0.717) is 5.56 Å². The van der Waals surface area contributed by atoms with E-state index in [1.54, 1.807) is 12.1 Å². The van der Waals surface area contributed by atoms with E-state index in [9.17, 15) is 0 Å². The molecule has 3 heteroatoms. The molecule has 0 amide bonds. The monoisotopic (exact) mass is 375 g/mol. The van der Waals surface area contributed by atoms with Gasteiger partial charge in [-0.25, -0.2) is 0 Å². The van der Waals surface area contributed by atoms with E-state index in [1.807, 2.05) is 24.3 Å². The maximum absolute atomic E-state index is 8.87. The average molecular weight is 374 g/mol. The zero-order chi connectivity index (χ0) is 16.8. The van der Waals surface area contributed by atoms with Gasteiger partial charge in [-0.15, -0.1) is 0 Å². The molecule has 3 aromatic rings. The minimum atomic E-state index is 0.639. The molecule has 0 aliphatic rings. The number of rotatable bonds is 4. The van der Waals surface area contributed by atoms with E-state index >= 15 is 0 Å². The summed E-state index contributed by atoms with van der Waals surface area (Å²) in [6, 6.07) is 28.1. The number of benzene rings is 3. The van der Waals surface area contributed by atoms with Crippen LogP contribution in [0.15, 0.2) is 83.9 Å². The first-order valence-corrected chi connectivity index (χ1v) is 8.50. The van der Waals surface area contributed by atoms with Crippen LogP contribution in [0.1, 0.15) is 22.3 Å². The SMILES string of the molecule is N#Cc1ccc(N=C([Se])c2ccccc2Cc2ccccc2)cc1. The molecule has 3 aromatic carbocycles. The second-order valence-corrected chi connectivity index (χ2v) is 6.21. The molecule has 0 aliphatic carbocycles. The van der Waals surface area contributed by atoms with Crippen molar-refractivity contribution in [1.29, 1.82) is 5.26 Å². The predicted molar refractivity (Wildman–Crippen MR) is 98.8 cm³/mol. The Morgan fingerprint density at radius 3 is 2.25 bits per heavy atom. The molecule has 0 heterocycles. The molecule has 2 nitrogen and oxygen atoms in total. The number of hydrogen-bond donors (Lipinski definition) is 0. The van der Waals surface area contributed by atoms with E-state index in [0.717, 1.165) is 22.3 Å². The molecule has 24 heavy (non-hydrogen) atoms. The number of nitrogens with zero attached hydrogens (tertiary/aromatic N) is 2. The fourth-order valence-corrected chi connectivity index (χ4v) is 3.13. The quantitative estimate of drug-likeness (QED) is 0.493. The molecule has 0 N–H and O–H groups in total. The average Bonchev–Trinajstić information content (AvgIpc) is 2.63. The van der Waals surface area contributed by atoms with Crippen molar-refractivity contribution in [3.05, 3.63) is 101 Å². The van der Waals surface area contributed by atoms with Gasteiger partial charge < -0.3 is 0 Å². The summed E-state index contributed by atoms with van der Waals surface area (Å²) in [6.45, 7) is 0. The zero-order valence-corrected chi connectivity index (χ0v) is 14.7. The van der Waals surface area contributed by atoms with Gasteiger partial charge in [0.15, 0.2) is 0 Å². The molecular formula is C21H15N2Se. The van der Waals surface area contributed by atoms with Crippen LogP contribution in [0.5, 0.6) is 0 Å². The molecule has 0 aromatic heterocycles. The summed E-state index contributed by atoms with van der Waals surface area (Å²) in [5.74, 6) is 0. The van der Waals surface area contributed by atoms with Crippen LogP contribution in [0, 0.1) is 11.3 Å². The van der Waals surface area contributed by atoms with Crippen LogP contribution in [0.3, 0.4) is 0 Å². The van der Waals surface area contributed by atoms with Gasteiger partial charge in [-0.3, -0.25) is 0 Å². The van der Waals surface area contributed by atoms with Crippen LogP contribution in [0.2, 0.25) is 0 Å². The molecule has 1 radical (unpaired) electrons. The van der Waals surface area contributed by atoms with E-state index in [-0.39, 0.29) is 0 Å². The predicted octanol–water partition coefficient (Wildman–Crippen LogP) is 4.40. The van der Waals surface area contributed by atoms with E-state index in [1.165, 1.54) is 11.1 Å². The van der Waals surface area contributed by atoms with Crippen molar-refractivity contribution in [2.24, 2.45) is 4.99 Å². The van der Waals surface area contributed by atoms with Crippen LogP contribution in [0.4, 0.5) is 5.69 Å². The van der Waals surface area contributed by atoms with E-state index in [2.05, 4.69) is 69.5 Å². The summed E-state index contributed by atoms with van der Waals surface area (Å²) in [6.07, 6.45) is 0.866. The second kappa shape index (κ2) is 7.75. The molecule has 0 atom stereocenters. The van der Waals surface area contributed by atoms with Crippen LogP contribution in [-0.4, -0.2) is 20.6 Å². The normalized spacial score (nSPS) is 11.0. The fraction of sp³-hybridized carbons (Fsp3) is 0.0476. The molecule has 0 bridgehead atoms. The van der Waals surface area contributed by atoms with Crippen LogP contribution in [-0.2, 0) is 6.42 Å². The van der Waals surface area contributed by atoms with Crippen molar-refractivity contribution in [3.63, 3.8) is 0 Å². The summed E-state index contributed by atoms with van der Waals surface area (Å²) in [4.78, 5) is 4.66. The second-order valence-electron chi connectivity index (χ2n) is 5.40. The van der Waals surface area contributed by atoms with Gasteiger partial charge in [0, 0.05) is 0 Å². The third kappa shape index (κ3) is 4.00. The molecule has 0 saturated carbocycles. The molecule has 0 spiro atoms. The van der Waals surface area contributed by atoms with Crippen molar-refractivity contribution in [2.45, 2.75) is 6.42 Å². The first kappa shape index (κ1) is 16.2. The molecule has 115 valence electrons. The summed E-state index contributed by atoms with van der Waals surface area (Å²) in [5, 5.41) is 8.87. The zero-order valence-electron chi connectivity index (χ0n) is 13.0. The summed E-state index contributed by atoms with van der Waals surface area (Å²) >= 11 is 3.08. The summed E-state index contributed by atoms with van der Waals surface area (Å²) in [5.41, 5.74) is 5.08. The third-order valence-electron chi connectivity index (χ3n) is 3.71. The van der Waals surface area contributed by atoms with Crippen LogP contribution < -0.4 is 0 Å². The van der Waals surface area contributed by atoms with Gasteiger partial charge >= 0.3 is 150 Å². The van der Waals surface area contributed by atoms with Crippen molar-refractivity contribution in [1.82, 2.24) is 0 Å². The first-order chi connectivity index (χ1) is 11.8. The number of nitriles is 1. The Morgan fingerprint density at radius 2 is 1.54 bits per heavy atom. The third-order valence-corrected chi connectivity index (χ3v) is 4.37. The first-order valence-electron chi connectivity index (χ1n) is 7.64. The maximum atomic E-state index is 8.87. The molecule has 0 aliphatic heterocycles. The topological polar surface area (TPSA) is 36.1 Å². The molecule has 0 unspecified atom stereocenters. The fourth-order valence-electron chi connectivity index (χ4n) is 2.49. The van der Waals surface area contributed by atoms with Crippen LogP contribution >= 0.6 is 0 Å². The Hall–Kier alpha value is -2.66. The van der Waals surface area contributed by atoms with Crippen molar-refractivity contribution >= 4 is 26.3 Å². The van der Waals surface area contributed by atoms with Gasteiger partial charge in [-0.2, -0.15) is 0 Å². The van der Waals surface area contributed by atoms with Gasteiger partial charge in [-0.1, -0.05) is 0 Å². The van der Waals surface area contributed by atoms with Crippen molar-refractivity contribution in [2.75, 3.05) is 0 Å². The van der Waals surface area contributed by atoms with Gasteiger partial charge in [0.25, 0.3) is 0 Å². The van der Waals surface area contributed by atoms with E-state index in [4.69, 9.17) is 5.26 Å². The molecule has 0 saturated heterocycles. The van der Waals surface area contributed by atoms with Crippen LogP contribution in [0.25, 0.3) is 0 Å². The molecule has 0 fully saturated rings. The number of hydrogen-bond acceptors (Lipinski definition) is 2. The molecular weight excluding hydrogens is 359 g/mol.